The molecule has 0 unspecified atom stereocenters. The number of hydrogen-bond acceptors (Lipinski definition) is 4. The summed E-state index contributed by atoms with van der Waals surface area (Å²) in [5, 5.41) is 11.4. The van der Waals surface area contributed by atoms with Gasteiger partial charge in [-0.15, -0.1) is 12.4 Å². The molecule has 4 aromatic carbocycles. The van der Waals surface area contributed by atoms with Gasteiger partial charge in [0.1, 0.15) is 41.2 Å². The molecule has 188 valence electrons. The minimum atomic E-state index is -0.664. The molecular weight excluding hydrogens is 484 g/mol. The topological polar surface area (TPSA) is 41.9 Å². The van der Waals surface area contributed by atoms with Crippen LogP contribution < -0.4 is 9.47 Å². The highest BCUT2D eigenvalue weighted by Gasteiger charge is 2.15. The third kappa shape index (κ3) is 6.07. The van der Waals surface area contributed by atoms with Crippen molar-refractivity contribution in [1.29, 1.82) is 0 Å². The summed E-state index contributed by atoms with van der Waals surface area (Å²) >= 11 is 0. The van der Waals surface area contributed by atoms with Gasteiger partial charge in [-0.1, -0.05) is 12.5 Å². The summed E-state index contributed by atoms with van der Waals surface area (Å²) < 4.78 is 40.1. The zero-order valence-electron chi connectivity index (χ0n) is 19.8. The predicted octanol–water partition coefficient (Wildman–Crippen LogP) is 7.57. The first-order valence-electron chi connectivity index (χ1n) is 11.9. The normalized spacial score (nSPS) is 13.8. The summed E-state index contributed by atoms with van der Waals surface area (Å²) in [5.41, 5.74) is 0.911. The number of halogens is 3. The van der Waals surface area contributed by atoms with Crippen LogP contribution in [-0.2, 0) is 0 Å². The third-order valence-corrected chi connectivity index (χ3v) is 6.30. The van der Waals surface area contributed by atoms with Gasteiger partial charge in [-0.2, -0.15) is 0 Å². The number of aromatic hydroxyl groups is 1. The Hall–Kier alpha value is -3.35. The molecule has 1 N–H and O–H groups in total. The number of likely N-dealkylation sites (tertiary alicyclic amines) is 1. The first-order chi connectivity index (χ1) is 17.0. The monoisotopic (exact) mass is 511 g/mol. The zero-order chi connectivity index (χ0) is 24.2. The van der Waals surface area contributed by atoms with Crippen LogP contribution in [0, 0.1) is 11.6 Å². The van der Waals surface area contributed by atoms with Crippen LogP contribution >= 0.6 is 12.4 Å². The second kappa shape index (κ2) is 11.6. The molecule has 1 fully saturated rings. The van der Waals surface area contributed by atoms with Crippen molar-refractivity contribution in [3.05, 3.63) is 84.4 Å². The smallest absolute Gasteiger partial charge is 0.143 e. The van der Waals surface area contributed by atoms with Crippen LogP contribution in [0.2, 0.25) is 0 Å². The second-order valence-electron chi connectivity index (χ2n) is 8.83. The Morgan fingerprint density at radius 3 is 2.19 bits per heavy atom. The summed E-state index contributed by atoms with van der Waals surface area (Å²) in [7, 11) is 0. The molecule has 0 saturated carbocycles. The first-order valence-corrected chi connectivity index (χ1v) is 11.9. The summed E-state index contributed by atoms with van der Waals surface area (Å²) in [6, 6.07) is 19.2. The molecule has 7 heteroatoms. The highest BCUT2D eigenvalue weighted by Crippen LogP contribution is 2.41. The summed E-state index contributed by atoms with van der Waals surface area (Å²) in [6.45, 7) is 3.81. The Morgan fingerprint density at radius 1 is 0.778 bits per heavy atom. The largest absolute Gasteiger partial charge is 0.508 e. The molecule has 0 amide bonds. The van der Waals surface area contributed by atoms with Gasteiger partial charge in [0, 0.05) is 23.6 Å². The first kappa shape index (κ1) is 25.7. The van der Waals surface area contributed by atoms with Gasteiger partial charge in [0.2, 0.25) is 0 Å². The maximum absolute atomic E-state index is 14.0. The lowest BCUT2D eigenvalue weighted by Gasteiger charge is -2.26. The molecule has 1 aliphatic rings. The third-order valence-electron chi connectivity index (χ3n) is 6.30. The highest BCUT2D eigenvalue weighted by molar-refractivity contribution is 5.96. The fraction of sp³-hybridized carbons (Fsp3) is 0.241. The minimum absolute atomic E-state index is 0. The van der Waals surface area contributed by atoms with E-state index in [-0.39, 0.29) is 18.2 Å². The van der Waals surface area contributed by atoms with Crippen LogP contribution in [0.3, 0.4) is 0 Å². The van der Waals surface area contributed by atoms with E-state index >= 15 is 0 Å². The van der Waals surface area contributed by atoms with E-state index in [1.165, 1.54) is 31.4 Å². The zero-order valence-corrected chi connectivity index (χ0v) is 20.6. The molecule has 5 rings (SSSR count). The van der Waals surface area contributed by atoms with Crippen molar-refractivity contribution in [2.24, 2.45) is 0 Å². The minimum Gasteiger partial charge on any atom is -0.508 e. The summed E-state index contributed by atoms with van der Waals surface area (Å²) in [5.74, 6) is 0.563. The Bertz CT molecular complexity index is 1300. The molecule has 4 nitrogen and oxygen atoms in total. The second-order valence-corrected chi connectivity index (χ2v) is 8.83. The SMILES string of the molecule is Cl.Oc1ccc2c(Oc3ccc(OCCN4CCCCC4)cc3)c(-c3cc(F)cc(F)c3)ccc2c1. The van der Waals surface area contributed by atoms with E-state index in [0.717, 1.165) is 36.8 Å². The predicted molar refractivity (Wildman–Crippen MR) is 141 cm³/mol. The van der Waals surface area contributed by atoms with Gasteiger partial charge in [0.05, 0.1) is 0 Å². The van der Waals surface area contributed by atoms with E-state index in [1.807, 2.05) is 24.3 Å². The standard InChI is InChI=1S/C29H27F2NO3.ClH/c30-22-16-21(17-23(31)19-22)28-10-4-20-18-24(33)5-11-27(20)29(28)35-26-8-6-25(7-9-26)34-15-14-32-12-2-1-3-13-32;/h4-11,16-19,33H,1-3,12-15H2;1H. The van der Waals surface area contributed by atoms with Gasteiger partial charge < -0.3 is 14.6 Å². The number of rotatable bonds is 7. The molecule has 1 aliphatic heterocycles. The number of piperidine rings is 1. The number of benzene rings is 4. The molecule has 1 heterocycles. The van der Waals surface area contributed by atoms with Gasteiger partial charge in [-0.25, -0.2) is 8.78 Å². The van der Waals surface area contributed by atoms with E-state index in [9.17, 15) is 13.9 Å². The van der Waals surface area contributed by atoms with E-state index in [0.29, 0.717) is 34.6 Å². The average molecular weight is 512 g/mol. The van der Waals surface area contributed by atoms with Gasteiger partial charge in [0.15, 0.2) is 0 Å². The number of ether oxygens (including phenoxy) is 2. The average Bonchev–Trinajstić information content (AvgIpc) is 2.85. The van der Waals surface area contributed by atoms with Crippen LogP contribution in [0.5, 0.6) is 23.0 Å². The maximum Gasteiger partial charge on any atom is 0.143 e. The van der Waals surface area contributed by atoms with E-state index in [1.54, 1.807) is 30.3 Å². The molecule has 4 aromatic rings. The van der Waals surface area contributed by atoms with Crippen molar-refractivity contribution in [3.63, 3.8) is 0 Å². The summed E-state index contributed by atoms with van der Waals surface area (Å²) in [6.07, 6.45) is 3.82. The van der Waals surface area contributed by atoms with Crippen molar-refractivity contribution in [3.8, 4) is 34.1 Å². The van der Waals surface area contributed by atoms with E-state index < -0.39 is 11.6 Å². The molecule has 1 saturated heterocycles. The lowest BCUT2D eigenvalue weighted by Crippen LogP contribution is -2.33. The van der Waals surface area contributed by atoms with Crippen LogP contribution in [0.25, 0.3) is 21.9 Å². The molecule has 0 aromatic heterocycles. The van der Waals surface area contributed by atoms with Crippen molar-refractivity contribution in [2.45, 2.75) is 19.3 Å². The molecular formula is C29H28ClF2NO3. The lowest BCUT2D eigenvalue weighted by molar-refractivity contribution is 0.183. The number of fused-ring (bicyclic) bond motifs is 1. The number of nitrogens with zero attached hydrogens (tertiary/aromatic N) is 1. The molecule has 0 spiro atoms. The van der Waals surface area contributed by atoms with E-state index in [2.05, 4.69) is 4.90 Å². The van der Waals surface area contributed by atoms with Crippen LogP contribution in [0.15, 0.2) is 72.8 Å². The Labute approximate surface area is 215 Å². The van der Waals surface area contributed by atoms with E-state index in [4.69, 9.17) is 9.47 Å². The highest BCUT2D eigenvalue weighted by atomic mass is 35.5. The Morgan fingerprint density at radius 2 is 1.47 bits per heavy atom. The van der Waals surface area contributed by atoms with Crippen LogP contribution in [0.4, 0.5) is 8.78 Å². The number of phenolic OH excluding ortho intramolecular Hbond substituents is 1. The van der Waals surface area contributed by atoms with Crippen LogP contribution in [-0.4, -0.2) is 36.2 Å². The lowest BCUT2D eigenvalue weighted by atomic mass is 9.99. The number of phenols is 1. The molecule has 0 atom stereocenters. The van der Waals surface area contributed by atoms with Gasteiger partial charge in [0.25, 0.3) is 0 Å². The molecule has 0 bridgehead atoms. The maximum atomic E-state index is 14.0. The van der Waals surface area contributed by atoms with Crippen molar-refractivity contribution in [2.75, 3.05) is 26.2 Å². The van der Waals surface area contributed by atoms with Crippen LogP contribution in [0.1, 0.15) is 19.3 Å². The molecule has 0 aliphatic carbocycles. The molecule has 36 heavy (non-hydrogen) atoms. The van der Waals surface area contributed by atoms with Gasteiger partial charge >= 0.3 is 0 Å². The van der Waals surface area contributed by atoms with Crippen molar-refractivity contribution < 1.29 is 23.4 Å². The van der Waals surface area contributed by atoms with Crippen molar-refractivity contribution >= 4 is 23.2 Å². The summed E-state index contributed by atoms with van der Waals surface area (Å²) in [4.78, 5) is 2.43. The van der Waals surface area contributed by atoms with Gasteiger partial charge in [-0.05, 0) is 97.5 Å². The Kier molecular flexibility index (Phi) is 8.28. The quantitative estimate of drug-likeness (QED) is 0.278. The molecule has 0 radical (unpaired) electrons. The number of hydrogen-bond donors (Lipinski definition) is 1. The Balaban J connectivity index is 0.00000304. The fourth-order valence-electron chi connectivity index (χ4n) is 4.53. The van der Waals surface area contributed by atoms with Crippen molar-refractivity contribution in [1.82, 2.24) is 4.90 Å². The van der Waals surface area contributed by atoms with Gasteiger partial charge in [-0.3, -0.25) is 4.90 Å². The fourth-order valence-corrected chi connectivity index (χ4v) is 4.53.